The van der Waals surface area contributed by atoms with E-state index in [9.17, 15) is 9.59 Å². The normalized spacial score (nSPS) is 10.8. The Morgan fingerprint density at radius 3 is 2.41 bits per heavy atom. The molecule has 3 rings (SSSR count). The molecule has 0 fully saturated rings. The van der Waals surface area contributed by atoms with Gasteiger partial charge in [-0.3, -0.25) is 9.59 Å². The quantitative estimate of drug-likeness (QED) is 0.337. The number of carbonyl (C=O) groups is 2. The van der Waals surface area contributed by atoms with Gasteiger partial charge in [-0.15, -0.1) is 0 Å². The van der Waals surface area contributed by atoms with Crippen LogP contribution in [-0.4, -0.2) is 24.6 Å². The summed E-state index contributed by atoms with van der Waals surface area (Å²) in [5, 5.41) is 6.85. The Morgan fingerprint density at radius 2 is 1.72 bits per heavy atom. The fourth-order valence-corrected chi connectivity index (χ4v) is 3.31. The third-order valence-electron chi connectivity index (χ3n) is 4.81. The molecule has 2 amide bonds. The van der Waals surface area contributed by atoms with Gasteiger partial charge in [0.05, 0.1) is 24.1 Å². The van der Waals surface area contributed by atoms with E-state index in [0.717, 1.165) is 11.1 Å². The van der Waals surface area contributed by atoms with Crippen molar-refractivity contribution in [2.24, 2.45) is 5.10 Å². The Bertz CT molecular complexity index is 1160. The predicted molar refractivity (Wildman–Crippen MR) is 131 cm³/mol. The number of carbonyl (C=O) groups excluding carboxylic acids is 2. The summed E-state index contributed by atoms with van der Waals surface area (Å²) in [5.41, 5.74) is 6.86. The number of hydrogen-bond donors (Lipinski definition) is 2. The molecule has 0 aromatic heterocycles. The first kappa shape index (κ1) is 23.2. The number of nitrogens with one attached hydrogen (secondary N) is 2. The van der Waals surface area contributed by atoms with Gasteiger partial charge < -0.3 is 10.1 Å². The molecule has 32 heavy (non-hydrogen) atoms. The van der Waals surface area contributed by atoms with Crippen molar-refractivity contribution >= 4 is 39.6 Å². The highest BCUT2D eigenvalue weighted by Gasteiger charge is 2.15. The third kappa shape index (κ3) is 6.04. The van der Waals surface area contributed by atoms with Gasteiger partial charge in [-0.05, 0) is 79.9 Å². The van der Waals surface area contributed by atoms with Gasteiger partial charge in [-0.1, -0.05) is 34.1 Å². The maximum absolute atomic E-state index is 12.8. The number of anilines is 1. The predicted octanol–water partition coefficient (Wildman–Crippen LogP) is 5.48. The maximum Gasteiger partial charge on any atom is 0.273 e. The molecule has 0 aliphatic heterocycles. The van der Waals surface area contributed by atoms with Crippen LogP contribution in [0, 0.1) is 13.8 Å². The maximum atomic E-state index is 12.8. The summed E-state index contributed by atoms with van der Waals surface area (Å²) >= 11 is 3.37. The zero-order chi connectivity index (χ0) is 23.1. The molecular formula is C25H24BrN3O3. The standard InChI is InChI=1S/C25H24BrN3O3/c1-4-32-21-10-7-19(8-11-21)24(30)28-23-12-9-20(26)14-22(23)25(31)29-27-15-18-6-5-16(2)17(3)13-18/h5-15H,4H2,1-3H3,(H,28,30)(H,29,31)/b27-15+. The lowest BCUT2D eigenvalue weighted by atomic mass is 10.1. The second-order valence-corrected chi connectivity index (χ2v) is 8.06. The van der Waals surface area contributed by atoms with Crippen LogP contribution < -0.4 is 15.5 Å². The van der Waals surface area contributed by atoms with E-state index in [-0.39, 0.29) is 11.5 Å². The summed E-state index contributed by atoms with van der Waals surface area (Å²) in [5.74, 6) is -0.0779. The third-order valence-corrected chi connectivity index (χ3v) is 5.31. The second kappa shape index (κ2) is 10.7. The molecule has 3 aromatic carbocycles. The van der Waals surface area contributed by atoms with E-state index < -0.39 is 5.91 Å². The Morgan fingerprint density at radius 1 is 0.969 bits per heavy atom. The van der Waals surface area contributed by atoms with E-state index in [1.807, 2.05) is 39.0 Å². The van der Waals surface area contributed by atoms with Crippen molar-refractivity contribution in [2.75, 3.05) is 11.9 Å². The largest absolute Gasteiger partial charge is 0.494 e. The van der Waals surface area contributed by atoms with Crippen molar-refractivity contribution in [3.05, 3.63) is 93.0 Å². The molecule has 6 nitrogen and oxygen atoms in total. The first-order valence-electron chi connectivity index (χ1n) is 10.1. The molecule has 0 unspecified atom stereocenters. The van der Waals surface area contributed by atoms with Gasteiger partial charge in [0, 0.05) is 10.0 Å². The number of halogens is 1. The van der Waals surface area contributed by atoms with Crippen molar-refractivity contribution in [1.82, 2.24) is 5.43 Å². The molecule has 164 valence electrons. The summed E-state index contributed by atoms with van der Waals surface area (Å²) in [6, 6.07) is 17.8. The molecule has 0 saturated heterocycles. The molecule has 2 N–H and O–H groups in total. The van der Waals surface area contributed by atoms with Crippen LogP contribution in [0.3, 0.4) is 0 Å². The highest BCUT2D eigenvalue weighted by atomic mass is 79.9. The van der Waals surface area contributed by atoms with E-state index in [0.29, 0.717) is 28.1 Å². The van der Waals surface area contributed by atoms with Crippen molar-refractivity contribution in [2.45, 2.75) is 20.8 Å². The summed E-state index contributed by atoms with van der Waals surface area (Å²) in [7, 11) is 0. The van der Waals surface area contributed by atoms with Gasteiger partial charge in [-0.25, -0.2) is 5.43 Å². The zero-order valence-electron chi connectivity index (χ0n) is 18.1. The van der Waals surface area contributed by atoms with E-state index in [4.69, 9.17) is 4.74 Å². The van der Waals surface area contributed by atoms with Gasteiger partial charge in [0.25, 0.3) is 11.8 Å². The van der Waals surface area contributed by atoms with Crippen LogP contribution in [-0.2, 0) is 0 Å². The van der Waals surface area contributed by atoms with Crippen molar-refractivity contribution in [1.29, 1.82) is 0 Å². The summed E-state index contributed by atoms with van der Waals surface area (Å²) in [4.78, 5) is 25.4. The van der Waals surface area contributed by atoms with E-state index >= 15 is 0 Å². The van der Waals surface area contributed by atoms with Crippen LogP contribution in [0.5, 0.6) is 5.75 Å². The Balaban J connectivity index is 1.73. The minimum atomic E-state index is -0.437. The molecule has 3 aromatic rings. The molecule has 0 radical (unpaired) electrons. The number of ether oxygens (including phenoxy) is 1. The number of hydrazone groups is 1. The van der Waals surface area contributed by atoms with Gasteiger partial charge in [-0.2, -0.15) is 5.10 Å². The number of amides is 2. The monoisotopic (exact) mass is 493 g/mol. The first-order valence-corrected chi connectivity index (χ1v) is 10.9. The van der Waals surface area contributed by atoms with Crippen LogP contribution in [0.15, 0.2) is 70.2 Å². The number of nitrogens with zero attached hydrogens (tertiary/aromatic N) is 1. The summed E-state index contributed by atoms with van der Waals surface area (Å²) in [6.07, 6.45) is 1.58. The second-order valence-electron chi connectivity index (χ2n) is 7.14. The Labute approximate surface area is 195 Å². The zero-order valence-corrected chi connectivity index (χ0v) is 19.7. The van der Waals surface area contributed by atoms with Crippen LogP contribution in [0.4, 0.5) is 5.69 Å². The van der Waals surface area contributed by atoms with Gasteiger partial charge >= 0.3 is 0 Å². The number of rotatable bonds is 7. The smallest absolute Gasteiger partial charge is 0.273 e. The van der Waals surface area contributed by atoms with Gasteiger partial charge in [0.2, 0.25) is 0 Å². The molecule has 0 aliphatic carbocycles. The molecule has 0 aliphatic rings. The topological polar surface area (TPSA) is 79.8 Å². The van der Waals surface area contributed by atoms with Crippen molar-refractivity contribution < 1.29 is 14.3 Å². The van der Waals surface area contributed by atoms with Gasteiger partial charge in [0.15, 0.2) is 0 Å². The summed E-state index contributed by atoms with van der Waals surface area (Å²) in [6.45, 7) is 6.50. The fraction of sp³-hybridized carbons (Fsp3) is 0.160. The molecule has 0 bridgehead atoms. The SMILES string of the molecule is CCOc1ccc(C(=O)Nc2ccc(Br)cc2C(=O)N/N=C/c2ccc(C)c(C)c2)cc1. The molecule has 0 saturated carbocycles. The Hall–Kier alpha value is -3.45. The van der Waals surface area contributed by atoms with E-state index in [1.165, 1.54) is 5.56 Å². The van der Waals surface area contributed by atoms with Crippen LogP contribution in [0.25, 0.3) is 0 Å². The minimum absolute atomic E-state index is 0.288. The highest BCUT2D eigenvalue weighted by Crippen LogP contribution is 2.22. The molecular weight excluding hydrogens is 470 g/mol. The lowest BCUT2D eigenvalue weighted by Gasteiger charge is -2.11. The Kier molecular flexibility index (Phi) is 7.78. The fourth-order valence-electron chi connectivity index (χ4n) is 2.95. The van der Waals surface area contributed by atoms with Crippen molar-refractivity contribution in [3.63, 3.8) is 0 Å². The molecule has 0 spiro atoms. The number of aryl methyl sites for hydroxylation is 2. The molecule has 0 heterocycles. The van der Waals surface area contributed by atoms with Crippen LogP contribution >= 0.6 is 15.9 Å². The number of benzene rings is 3. The average molecular weight is 494 g/mol. The van der Waals surface area contributed by atoms with Gasteiger partial charge in [0.1, 0.15) is 5.75 Å². The minimum Gasteiger partial charge on any atom is -0.494 e. The molecule has 0 atom stereocenters. The highest BCUT2D eigenvalue weighted by molar-refractivity contribution is 9.10. The number of hydrogen-bond acceptors (Lipinski definition) is 4. The average Bonchev–Trinajstić information content (AvgIpc) is 2.78. The van der Waals surface area contributed by atoms with Crippen molar-refractivity contribution in [3.8, 4) is 5.75 Å². The van der Waals surface area contributed by atoms with E-state index in [1.54, 1.807) is 48.7 Å². The van der Waals surface area contributed by atoms with E-state index in [2.05, 4.69) is 31.8 Å². The molecule has 7 heteroatoms. The lowest BCUT2D eigenvalue weighted by Crippen LogP contribution is -2.21. The van der Waals surface area contributed by atoms with Crippen LogP contribution in [0.2, 0.25) is 0 Å². The van der Waals surface area contributed by atoms with Crippen LogP contribution in [0.1, 0.15) is 44.3 Å². The summed E-state index contributed by atoms with van der Waals surface area (Å²) < 4.78 is 6.11. The first-order chi connectivity index (χ1) is 15.4. The lowest BCUT2D eigenvalue weighted by molar-refractivity contribution is 0.0956.